The van der Waals surface area contributed by atoms with E-state index in [1.165, 1.54) is 15.1 Å². The van der Waals surface area contributed by atoms with Crippen molar-refractivity contribution in [3.8, 4) is 0 Å². The average molecular weight is 407 g/mol. The van der Waals surface area contributed by atoms with E-state index in [0.717, 1.165) is 40.8 Å². The normalized spacial score (nSPS) is 10.3. The van der Waals surface area contributed by atoms with Crippen LogP contribution in [0.5, 0.6) is 0 Å². The zero-order chi connectivity index (χ0) is 20.4. The van der Waals surface area contributed by atoms with Gasteiger partial charge in [-0.15, -0.1) is 22.7 Å². The number of hydrogen-bond donors (Lipinski definition) is 2. The number of nitrogens with one attached hydrogen (secondary N) is 1. The smallest absolute Gasteiger partial charge is 0.112 e. The SMILES string of the molecule is CC.CC(C)C.Cc1cc(NCc2nccs2)c2sc(CCN)c(C)c2n1. The molecule has 3 aromatic heterocycles. The van der Waals surface area contributed by atoms with Gasteiger partial charge in [0.15, 0.2) is 0 Å². The molecule has 0 amide bonds. The number of rotatable bonds is 5. The number of anilines is 1. The molecule has 3 rings (SSSR count). The summed E-state index contributed by atoms with van der Waals surface area (Å²) in [5, 5.41) is 6.59. The molecule has 0 atom stereocenters. The van der Waals surface area contributed by atoms with Crippen LogP contribution in [0.2, 0.25) is 0 Å². The summed E-state index contributed by atoms with van der Waals surface area (Å²) < 4.78 is 1.22. The Labute approximate surface area is 172 Å². The molecule has 0 aliphatic carbocycles. The van der Waals surface area contributed by atoms with E-state index < -0.39 is 0 Å². The second kappa shape index (κ2) is 12.1. The predicted octanol–water partition coefficient (Wildman–Crippen LogP) is 6.17. The van der Waals surface area contributed by atoms with Crippen LogP contribution in [-0.4, -0.2) is 16.5 Å². The van der Waals surface area contributed by atoms with Gasteiger partial charge in [-0.25, -0.2) is 4.98 Å². The Hall–Kier alpha value is -1.50. The van der Waals surface area contributed by atoms with Crippen molar-refractivity contribution in [3.63, 3.8) is 0 Å². The first-order chi connectivity index (χ1) is 12.9. The van der Waals surface area contributed by atoms with Crippen LogP contribution in [0.1, 0.15) is 55.8 Å². The number of fused-ring (bicyclic) bond motifs is 1. The largest absolute Gasteiger partial charge is 0.377 e. The van der Waals surface area contributed by atoms with Gasteiger partial charge in [-0.1, -0.05) is 34.6 Å². The molecule has 6 heteroatoms. The molecular formula is C21H34N4S2. The van der Waals surface area contributed by atoms with Crippen LogP contribution in [0.3, 0.4) is 0 Å². The molecule has 3 heterocycles. The van der Waals surface area contributed by atoms with Gasteiger partial charge in [0.05, 0.1) is 22.4 Å². The maximum absolute atomic E-state index is 5.71. The van der Waals surface area contributed by atoms with E-state index >= 15 is 0 Å². The highest BCUT2D eigenvalue weighted by atomic mass is 32.1. The summed E-state index contributed by atoms with van der Waals surface area (Å²) in [5.74, 6) is 0.833. The number of aromatic nitrogens is 2. The van der Waals surface area contributed by atoms with Crippen LogP contribution in [-0.2, 0) is 13.0 Å². The average Bonchev–Trinajstić information content (AvgIpc) is 3.24. The second-order valence-corrected chi connectivity index (χ2v) is 8.77. The molecule has 0 saturated carbocycles. The number of aryl methyl sites for hydroxylation is 2. The number of thiophene rings is 1. The van der Waals surface area contributed by atoms with Gasteiger partial charge in [0.25, 0.3) is 0 Å². The minimum Gasteiger partial charge on any atom is -0.377 e. The van der Waals surface area contributed by atoms with Gasteiger partial charge in [0.2, 0.25) is 0 Å². The second-order valence-electron chi connectivity index (χ2n) is 6.69. The van der Waals surface area contributed by atoms with Gasteiger partial charge < -0.3 is 11.1 Å². The molecule has 0 aromatic carbocycles. The van der Waals surface area contributed by atoms with Gasteiger partial charge in [-0.3, -0.25) is 4.98 Å². The van der Waals surface area contributed by atoms with Crippen molar-refractivity contribution in [2.24, 2.45) is 11.7 Å². The third-order valence-electron chi connectivity index (χ3n) is 3.38. The first-order valence-corrected chi connectivity index (χ1v) is 11.3. The molecule has 0 spiro atoms. The van der Waals surface area contributed by atoms with Gasteiger partial charge >= 0.3 is 0 Å². The molecule has 3 aromatic rings. The summed E-state index contributed by atoms with van der Waals surface area (Å²) >= 11 is 3.46. The van der Waals surface area contributed by atoms with Crippen molar-refractivity contribution < 1.29 is 0 Å². The maximum atomic E-state index is 5.71. The number of nitrogens with two attached hydrogens (primary N) is 1. The Kier molecular flexibility index (Phi) is 10.5. The zero-order valence-corrected chi connectivity index (χ0v) is 19.4. The molecule has 0 radical (unpaired) electrons. The molecule has 0 aliphatic rings. The third kappa shape index (κ3) is 7.20. The van der Waals surface area contributed by atoms with Gasteiger partial charge in [-0.2, -0.15) is 0 Å². The van der Waals surface area contributed by atoms with Crippen molar-refractivity contribution in [1.82, 2.24) is 9.97 Å². The fourth-order valence-electron chi connectivity index (χ4n) is 2.36. The highest BCUT2D eigenvalue weighted by Crippen LogP contribution is 2.35. The lowest BCUT2D eigenvalue weighted by atomic mass is 10.2. The molecule has 150 valence electrons. The summed E-state index contributed by atoms with van der Waals surface area (Å²) in [6, 6.07) is 2.11. The van der Waals surface area contributed by atoms with Crippen molar-refractivity contribution in [1.29, 1.82) is 0 Å². The Morgan fingerprint density at radius 3 is 2.41 bits per heavy atom. The van der Waals surface area contributed by atoms with E-state index in [2.05, 4.69) is 44.1 Å². The first kappa shape index (κ1) is 23.5. The van der Waals surface area contributed by atoms with Crippen LogP contribution >= 0.6 is 22.7 Å². The Morgan fingerprint density at radius 1 is 1.19 bits per heavy atom. The van der Waals surface area contributed by atoms with E-state index in [1.807, 2.05) is 32.3 Å². The summed E-state index contributed by atoms with van der Waals surface area (Å²) in [5.41, 5.74) is 10.2. The van der Waals surface area contributed by atoms with E-state index in [-0.39, 0.29) is 0 Å². The fourth-order valence-corrected chi connectivity index (χ4v) is 4.17. The Bertz CT molecular complexity index is 789. The highest BCUT2D eigenvalue weighted by Gasteiger charge is 2.13. The number of pyridine rings is 1. The van der Waals surface area contributed by atoms with Crippen LogP contribution < -0.4 is 11.1 Å². The number of thiazole rings is 1. The molecule has 4 nitrogen and oxygen atoms in total. The van der Waals surface area contributed by atoms with Crippen molar-refractivity contribution in [3.05, 3.63) is 38.8 Å². The summed E-state index contributed by atoms with van der Waals surface area (Å²) in [7, 11) is 0. The van der Waals surface area contributed by atoms with E-state index in [1.54, 1.807) is 22.7 Å². The van der Waals surface area contributed by atoms with Crippen LogP contribution in [0, 0.1) is 19.8 Å². The monoisotopic (exact) mass is 406 g/mol. The van der Waals surface area contributed by atoms with Crippen molar-refractivity contribution in [2.45, 2.75) is 61.4 Å². The summed E-state index contributed by atoms with van der Waals surface area (Å²) in [6.45, 7) is 16.1. The molecule has 27 heavy (non-hydrogen) atoms. The van der Waals surface area contributed by atoms with Crippen LogP contribution in [0.25, 0.3) is 10.2 Å². The first-order valence-electron chi connectivity index (χ1n) is 9.64. The van der Waals surface area contributed by atoms with Gasteiger partial charge in [0.1, 0.15) is 5.01 Å². The molecule has 3 N–H and O–H groups in total. The van der Waals surface area contributed by atoms with Gasteiger partial charge in [-0.05, 0) is 44.4 Å². The topological polar surface area (TPSA) is 63.8 Å². The lowest BCUT2D eigenvalue weighted by molar-refractivity contribution is 0.737. The molecule has 0 aliphatic heterocycles. The Morgan fingerprint density at radius 2 is 1.85 bits per heavy atom. The van der Waals surface area contributed by atoms with Crippen molar-refractivity contribution >= 4 is 38.6 Å². The van der Waals surface area contributed by atoms with E-state index in [9.17, 15) is 0 Å². The standard InChI is InChI=1S/C15H18N4S2.C4H10.C2H6/c1-9-7-11(18-8-13-17-5-6-20-13)15-14(19-9)10(2)12(21-15)3-4-16;1-4(2)3;1-2/h5-7H,3-4,8,16H2,1-2H3,(H,18,19);4H,1-3H3;1-2H3. The summed E-state index contributed by atoms with van der Waals surface area (Å²) in [4.78, 5) is 10.3. The molecule has 0 fully saturated rings. The number of hydrogen-bond acceptors (Lipinski definition) is 6. The predicted molar refractivity (Wildman–Crippen MR) is 123 cm³/mol. The van der Waals surface area contributed by atoms with E-state index in [0.29, 0.717) is 6.54 Å². The van der Waals surface area contributed by atoms with Crippen LogP contribution in [0.15, 0.2) is 17.6 Å². The zero-order valence-electron chi connectivity index (χ0n) is 17.7. The molecule has 0 saturated heterocycles. The minimum absolute atomic E-state index is 0.675. The molecule has 0 unspecified atom stereocenters. The Balaban J connectivity index is 0.000000541. The fraction of sp³-hybridized carbons (Fsp3) is 0.524. The lowest BCUT2D eigenvalue weighted by Crippen LogP contribution is -2.01. The van der Waals surface area contributed by atoms with Crippen molar-refractivity contribution in [2.75, 3.05) is 11.9 Å². The lowest BCUT2D eigenvalue weighted by Gasteiger charge is -2.07. The maximum Gasteiger partial charge on any atom is 0.112 e. The third-order valence-corrected chi connectivity index (χ3v) is 5.54. The highest BCUT2D eigenvalue weighted by molar-refractivity contribution is 7.19. The number of nitrogens with zero attached hydrogens (tertiary/aromatic N) is 2. The molecule has 0 bridgehead atoms. The minimum atomic E-state index is 0.675. The summed E-state index contributed by atoms with van der Waals surface area (Å²) in [6.07, 6.45) is 2.75. The quantitative estimate of drug-likeness (QED) is 0.531. The van der Waals surface area contributed by atoms with E-state index in [4.69, 9.17) is 10.7 Å². The molecular weight excluding hydrogens is 372 g/mol. The van der Waals surface area contributed by atoms with Crippen LogP contribution in [0.4, 0.5) is 5.69 Å². The van der Waals surface area contributed by atoms with Gasteiger partial charge in [0, 0.05) is 22.1 Å².